The number of hydrogen-bond acceptors (Lipinski definition) is 2. The summed E-state index contributed by atoms with van der Waals surface area (Å²) in [5, 5.41) is 5.06. The normalized spacial score (nSPS) is 21.2. The molecule has 0 saturated heterocycles. The molecule has 1 saturated carbocycles. The van der Waals surface area contributed by atoms with Gasteiger partial charge in [-0.1, -0.05) is 24.1 Å². The van der Waals surface area contributed by atoms with E-state index in [1.54, 1.807) is 24.3 Å². The fourth-order valence-corrected chi connectivity index (χ4v) is 2.86. The molecule has 1 aromatic rings. The maximum atomic E-state index is 12.8. The van der Waals surface area contributed by atoms with Crippen molar-refractivity contribution in [3.8, 4) is 0 Å². The first-order chi connectivity index (χ1) is 11.3. The zero-order chi connectivity index (χ0) is 17.7. The summed E-state index contributed by atoms with van der Waals surface area (Å²) in [4.78, 5) is 23.7. The van der Waals surface area contributed by atoms with Crippen molar-refractivity contribution in [3.63, 3.8) is 0 Å². The Balaban J connectivity index is 1.78. The number of nitrogens with one attached hydrogen (secondary N) is 2. The molecule has 132 valence electrons. The highest BCUT2D eigenvalue weighted by Gasteiger charge is 2.42. The predicted octanol–water partition coefficient (Wildman–Crippen LogP) is 2.96. The molecule has 2 atom stereocenters. The molecule has 0 aliphatic heterocycles. The summed E-state index contributed by atoms with van der Waals surface area (Å²) in [7, 11) is 0. The second-order valence-electron chi connectivity index (χ2n) is 6.22. The summed E-state index contributed by atoms with van der Waals surface area (Å²) >= 11 is 0. The van der Waals surface area contributed by atoms with Gasteiger partial charge in [0.1, 0.15) is 0 Å². The summed E-state index contributed by atoms with van der Waals surface area (Å²) in [6.07, 6.45) is -3.24. The molecule has 4 nitrogen and oxygen atoms in total. The number of aryl methyl sites for hydroxylation is 1. The Bertz CT molecular complexity index is 584. The van der Waals surface area contributed by atoms with Gasteiger partial charge in [0.15, 0.2) is 0 Å². The fraction of sp³-hybridized carbons (Fsp3) is 0.529. The van der Waals surface area contributed by atoms with Crippen LogP contribution in [0.4, 0.5) is 13.2 Å². The van der Waals surface area contributed by atoms with E-state index in [1.165, 1.54) is 0 Å². The Kier molecular flexibility index (Phi) is 5.85. The van der Waals surface area contributed by atoms with E-state index < -0.39 is 24.0 Å². The summed E-state index contributed by atoms with van der Waals surface area (Å²) in [6, 6.07) is 6.38. The van der Waals surface area contributed by atoms with Gasteiger partial charge in [-0.05, 0) is 38.3 Å². The number of rotatable bonds is 4. The van der Waals surface area contributed by atoms with Gasteiger partial charge in [0.2, 0.25) is 5.91 Å². The summed E-state index contributed by atoms with van der Waals surface area (Å²) < 4.78 is 38.3. The molecule has 2 N–H and O–H groups in total. The van der Waals surface area contributed by atoms with Crippen molar-refractivity contribution in [3.05, 3.63) is 35.4 Å². The number of carbonyl (C=O) groups excluding carboxylic acids is 2. The molecular formula is C17H21F3N2O2. The topological polar surface area (TPSA) is 58.2 Å². The van der Waals surface area contributed by atoms with Crippen molar-refractivity contribution < 1.29 is 22.8 Å². The zero-order valence-electron chi connectivity index (χ0n) is 13.5. The van der Waals surface area contributed by atoms with Crippen LogP contribution in [0.5, 0.6) is 0 Å². The standard InChI is InChI=1S/C17H21F3N2O2/c1-11-5-7-12(8-6-11)16(24)21-10-15(23)22-14-4-2-3-13(9-14)17(18,19)20/h5-8,13-14H,2-4,9-10H2,1H3,(H,21,24)(H,22,23)/t13-,14-/m1/s1. The van der Waals surface area contributed by atoms with Crippen LogP contribution in [0.1, 0.15) is 41.6 Å². The predicted molar refractivity (Wildman–Crippen MR) is 83.5 cm³/mol. The third-order valence-corrected chi connectivity index (χ3v) is 4.23. The molecule has 7 heteroatoms. The molecule has 2 amide bonds. The molecule has 0 aromatic heterocycles. The average molecular weight is 342 g/mol. The SMILES string of the molecule is Cc1ccc(C(=O)NCC(=O)N[C@@H]2CCC[C@@H](C(F)(F)F)C2)cc1. The molecular weight excluding hydrogens is 321 g/mol. The van der Waals surface area contributed by atoms with Gasteiger partial charge in [0.05, 0.1) is 12.5 Å². The van der Waals surface area contributed by atoms with Gasteiger partial charge < -0.3 is 10.6 Å². The minimum absolute atomic E-state index is 0.0961. The van der Waals surface area contributed by atoms with Crippen LogP contribution in [-0.2, 0) is 4.79 Å². The third-order valence-electron chi connectivity index (χ3n) is 4.23. The van der Waals surface area contributed by atoms with Crippen molar-refractivity contribution in [1.82, 2.24) is 10.6 Å². The van der Waals surface area contributed by atoms with Crippen molar-refractivity contribution in [2.75, 3.05) is 6.54 Å². The van der Waals surface area contributed by atoms with Crippen molar-refractivity contribution >= 4 is 11.8 Å². The van der Waals surface area contributed by atoms with Crippen LogP contribution in [0.15, 0.2) is 24.3 Å². The third kappa shape index (κ3) is 5.25. The van der Waals surface area contributed by atoms with Crippen LogP contribution in [0.3, 0.4) is 0 Å². The zero-order valence-corrected chi connectivity index (χ0v) is 13.5. The molecule has 0 unspecified atom stereocenters. The van der Waals surface area contributed by atoms with Gasteiger partial charge in [-0.25, -0.2) is 0 Å². The Morgan fingerprint density at radius 2 is 1.83 bits per heavy atom. The minimum Gasteiger partial charge on any atom is -0.352 e. The Morgan fingerprint density at radius 1 is 1.17 bits per heavy atom. The van der Waals surface area contributed by atoms with Gasteiger partial charge in [0, 0.05) is 11.6 Å². The van der Waals surface area contributed by atoms with E-state index in [1.807, 2.05) is 6.92 Å². The first-order valence-electron chi connectivity index (χ1n) is 7.96. The second-order valence-corrected chi connectivity index (χ2v) is 6.22. The largest absolute Gasteiger partial charge is 0.391 e. The number of carbonyl (C=O) groups is 2. The Hall–Kier alpha value is -2.05. The molecule has 1 aliphatic carbocycles. The van der Waals surface area contributed by atoms with Gasteiger partial charge in [-0.3, -0.25) is 9.59 Å². The first-order valence-corrected chi connectivity index (χ1v) is 7.96. The van der Waals surface area contributed by atoms with Gasteiger partial charge in [-0.15, -0.1) is 0 Å². The highest BCUT2D eigenvalue weighted by atomic mass is 19.4. The lowest BCUT2D eigenvalue weighted by Gasteiger charge is -2.31. The first kappa shape index (κ1) is 18.3. The highest BCUT2D eigenvalue weighted by Crippen LogP contribution is 2.37. The molecule has 2 rings (SSSR count). The van der Waals surface area contributed by atoms with E-state index in [4.69, 9.17) is 0 Å². The number of alkyl halides is 3. The molecule has 0 radical (unpaired) electrons. The molecule has 0 bridgehead atoms. The van der Waals surface area contributed by atoms with Crippen LogP contribution < -0.4 is 10.6 Å². The van der Waals surface area contributed by atoms with Crippen LogP contribution in [-0.4, -0.2) is 30.6 Å². The lowest BCUT2D eigenvalue weighted by Crippen LogP contribution is -2.45. The van der Waals surface area contributed by atoms with Gasteiger partial charge >= 0.3 is 6.18 Å². The van der Waals surface area contributed by atoms with Crippen molar-refractivity contribution in [2.45, 2.75) is 44.8 Å². The number of amides is 2. The molecule has 1 aliphatic rings. The van der Waals surface area contributed by atoms with Crippen LogP contribution >= 0.6 is 0 Å². The number of halogens is 3. The van der Waals surface area contributed by atoms with E-state index in [0.717, 1.165) is 5.56 Å². The van der Waals surface area contributed by atoms with Crippen LogP contribution in [0.2, 0.25) is 0 Å². The quantitative estimate of drug-likeness (QED) is 0.884. The van der Waals surface area contributed by atoms with E-state index in [0.29, 0.717) is 18.4 Å². The van der Waals surface area contributed by atoms with Gasteiger partial charge in [-0.2, -0.15) is 13.2 Å². The Labute approximate surface area is 138 Å². The number of hydrogen-bond donors (Lipinski definition) is 2. The van der Waals surface area contributed by atoms with Crippen LogP contribution in [0, 0.1) is 12.8 Å². The molecule has 1 fully saturated rings. The number of benzene rings is 1. The molecule has 24 heavy (non-hydrogen) atoms. The average Bonchev–Trinajstić information content (AvgIpc) is 2.53. The van der Waals surface area contributed by atoms with Crippen molar-refractivity contribution in [1.29, 1.82) is 0 Å². The fourth-order valence-electron chi connectivity index (χ4n) is 2.86. The maximum Gasteiger partial charge on any atom is 0.391 e. The summed E-state index contributed by atoms with van der Waals surface area (Å²) in [5.74, 6) is -2.22. The molecule has 0 spiro atoms. The summed E-state index contributed by atoms with van der Waals surface area (Å²) in [5.41, 5.74) is 1.45. The van der Waals surface area contributed by atoms with Gasteiger partial charge in [0.25, 0.3) is 5.91 Å². The monoisotopic (exact) mass is 342 g/mol. The smallest absolute Gasteiger partial charge is 0.352 e. The van der Waals surface area contributed by atoms with E-state index in [9.17, 15) is 22.8 Å². The summed E-state index contributed by atoms with van der Waals surface area (Å²) in [6.45, 7) is 1.65. The highest BCUT2D eigenvalue weighted by molar-refractivity contribution is 5.96. The lowest BCUT2D eigenvalue weighted by molar-refractivity contribution is -0.184. The van der Waals surface area contributed by atoms with Crippen LogP contribution in [0.25, 0.3) is 0 Å². The van der Waals surface area contributed by atoms with E-state index >= 15 is 0 Å². The Morgan fingerprint density at radius 3 is 2.46 bits per heavy atom. The maximum absolute atomic E-state index is 12.8. The molecule has 1 aromatic carbocycles. The van der Waals surface area contributed by atoms with Crippen molar-refractivity contribution in [2.24, 2.45) is 5.92 Å². The lowest BCUT2D eigenvalue weighted by atomic mass is 9.85. The minimum atomic E-state index is -4.22. The van der Waals surface area contributed by atoms with E-state index in [-0.39, 0.29) is 25.3 Å². The molecule has 0 heterocycles. The second kappa shape index (κ2) is 7.68. The van der Waals surface area contributed by atoms with E-state index in [2.05, 4.69) is 10.6 Å².